The van der Waals surface area contributed by atoms with E-state index in [1.807, 2.05) is 45.6 Å². The van der Waals surface area contributed by atoms with Crippen molar-refractivity contribution in [3.63, 3.8) is 0 Å². The number of amidine groups is 1. The third-order valence-corrected chi connectivity index (χ3v) is 11.5. The van der Waals surface area contributed by atoms with Gasteiger partial charge in [0.05, 0.1) is 49.4 Å². The highest BCUT2D eigenvalue weighted by molar-refractivity contribution is 6.07. The molecule has 1 aromatic heterocycles. The summed E-state index contributed by atoms with van der Waals surface area (Å²) in [6.45, 7) is 12.2. The number of aliphatic imine (C=N–C) groups is 1. The summed E-state index contributed by atoms with van der Waals surface area (Å²) in [5.41, 5.74) is 5.48. The number of nitrogens with zero attached hydrogens (tertiary/aromatic N) is 4. The van der Waals surface area contributed by atoms with Gasteiger partial charge in [-0.25, -0.2) is 14.6 Å². The monoisotopic (exact) mass is 779 g/mol. The summed E-state index contributed by atoms with van der Waals surface area (Å²) in [7, 11) is 2.99. The van der Waals surface area contributed by atoms with Crippen molar-refractivity contribution in [3.05, 3.63) is 59.4 Å². The van der Waals surface area contributed by atoms with Crippen LogP contribution >= 0.6 is 0 Å². The third-order valence-electron chi connectivity index (χ3n) is 11.5. The van der Waals surface area contributed by atoms with Crippen molar-refractivity contribution in [1.82, 2.24) is 30.4 Å². The van der Waals surface area contributed by atoms with E-state index >= 15 is 0 Å². The van der Waals surface area contributed by atoms with Crippen molar-refractivity contribution in [1.29, 1.82) is 0 Å². The van der Waals surface area contributed by atoms with Crippen LogP contribution in [0.4, 0.5) is 9.59 Å². The SMILES string of the molecule is COCC1CC(C2=NCC(c3ccc4c(c3)COc3cc5c(ccc6[nH]c(C7CCCN7C(=O)C(NC(=O)OC)C(C)C)nc65)cc3-4)N2)N(C(=O)OC(C)(C)C)C1. The molecule has 0 aliphatic carbocycles. The van der Waals surface area contributed by atoms with Crippen molar-refractivity contribution in [3.8, 4) is 16.9 Å². The third kappa shape index (κ3) is 7.47. The Morgan fingerprint density at radius 3 is 2.61 bits per heavy atom. The number of imidazole rings is 1. The number of H-pyrrole nitrogens is 1. The zero-order chi connectivity index (χ0) is 40.2. The Morgan fingerprint density at radius 1 is 1.04 bits per heavy atom. The van der Waals surface area contributed by atoms with Crippen molar-refractivity contribution in [2.75, 3.05) is 40.5 Å². The molecule has 3 N–H and O–H groups in total. The molecule has 3 amide bonds. The van der Waals surface area contributed by atoms with Crippen molar-refractivity contribution >= 4 is 45.7 Å². The number of alkyl carbamates (subject to hydrolysis) is 1. The first-order valence-electron chi connectivity index (χ1n) is 20.0. The number of rotatable bonds is 8. The lowest BCUT2D eigenvalue weighted by Gasteiger charge is -2.29. The van der Waals surface area contributed by atoms with Crippen molar-refractivity contribution in [2.45, 2.75) is 90.3 Å². The molecule has 3 aromatic carbocycles. The van der Waals surface area contributed by atoms with E-state index in [9.17, 15) is 14.4 Å². The number of hydrogen-bond acceptors (Lipinski definition) is 10. The Balaban J connectivity index is 1.01. The first-order chi connectivity index (χ1) is 27.3. The fourth-order valence-corrected chi connectivity index (χ4v) is 8.80. The fraction of sp³-hybridized carbons (Fsp3) is 0.512. The molecule has 2 fully saturated rings. The molecule has 2 saturated heterocycles. The number of amides is 3. The number of ether oxygens (including phenoxy) is 4. The van der Waals surface area contributed by atoms with Gasteiger partial charge in [0, 0.05) is 37.1 Å². The van der Waals surface area contributed by atoms with Crippen molar-refractivity contribution in [2.24, 2.45) is 16.8 Å². The van der Waals surface area contributed by atoms with Crippen LogP contribution in [0.2, 0.25) is 0 Å². The number of likely N-dealkylation sites (tertiary alicyclic amines) is 2. The van der Waals surface area contributed by atoms with Gasteiger partial charge in [-0.2, -0.15) is 0 Å². The van der Waals surface area contributed by atoms with Crippen LogP contribution in [0, 0.1) is 11.8 Å². The van der Waals surface area contributed by atoms with Gasteiger partial charge in [0.1, 0.15) is 35.7 Å². The molecule has 5 unspecified atom stereocenters. The van der Waals surface area contributed by atoms with E-state index in [1.165, 1.54) is 7.11 Å². The highest BCUT2D eigenvalue weighted by Gasteiger charge is 2.42. The standard InChI is InChI=1S/C43H53N7O7/c1-23(2)36(48-41(52)55-7)40(51)49-14-8-9-33(49)39-45-31-13-11-25-17-30-28-12-10-26(16-27(28)22-56-35(30)18-29(25)37(31)47-39)32-19-44-38(46-32)34-15-24(21-54-6)20-50(34)42(53)57-43(3,4)5/h10-13,16-18,23-24,32-34,36H,8-9,14-15,19-22H2,1-7H3,(H,44,46)(H,45,47)(H,48,52). The largest absolute Gasteiger partial charge is 0.488 e. The first-order valence-corrected chi connectivity index (χ1v) is 20.0. The van der Waals surface area contributed by atoms with Gasteiger partial charge >= 0.3 is 12.2 Å². The number of fused-ring (bicyclic) bond motifs is 6. The summed E-state index contributed by atoms with van der Waals surface area (Å²) in [6, 6.07) is 13.8. The normalized spacial score (nSPS) is 22.2. The van der Waals surface area contributed by atoms with Gasteiger partial charge in [0.25, 0.3) is 0 Å². The number of methoxy groups -OCH3 is 2. The first kappa shape index (κ1) is 38.5. The summed E-state index contributed by atoms with van der Waals surface area (Å²) in [4.78, 5) is 56.2. The number of aromatic nitrogens is 2. The number of nitrogens with one attached hydrogen (secondary N) is 3. The predicted molar refractivity (Wildman–Crippen MR) is 216 cm³/mol. The Morgan fingerprint density at radius 2 is 1.86 bits per heavy atom. The number of benzene rings is 3. The summed E-state index contributed by atoms with van der Waals surface area (Å²) in [5, 5.41) is 8.37. The Hall–Kier alpha value is -5.37. The second-order valence-electron chi connectivity index (χ2n) is 17.0. The highest BCUT2D eigenvalue weighted by Crippen LogP contribution is 2.43. The van der Waals surface area contributed by atoms with E-state index in [4.69, 9.17) is 28.9 Å². The molecule has 302 valence electrons. The lowest BCUT2D eigenvalue weighted by molar-refractivity contribution is -0.135. The van der Waals surface area contributed by atoms with E-state index in [-0.39, 0.29) is 42.0 Å². The molecular weight excluding hydrogens is 727 g/mol. The van der Waals surface area contributed by atoms with Crippen LogP contribution in [0.5, 0.6) is 5.75 Å². The quantitative estimate of drug-likeness (QED) is 0.178. The molecule has 4 aliphatic rings. The molecular formula is C43H53N7O7. The maximum atomic E-state index is 13.7. The average molecular weight is 780 g/mol. The lowest BCUT2D eigenvalue weighted by atomic mass is 9.91. The summed E-state index contributed by atoms with van der Waals surface area (Å²) >= 11 is 0. The number of aromatic amines is 1. The average Bonchev–Trinajstić information content (AvgIpc) is 4.01. The number of carbonyl (C=O) groups excluding carboxylic acids is 3. The van der Waals surface area contributed by atoms with Crippen molar-refractivity contribution < 1.29 is 33.3 Å². The smallest absolute Gasteiger partial charge is 0.410 e. The van der Waals surface area contributed by atoms with Crippen LogP contribution in [0.1, 0.15) is 82.9 Å². The van der Waals surface area contributed by atoms with Crippen LogP contribution in [0.15, 0.2) is 47.5 Å². The predicted octanol–water partition coefficient (Wildman–Crippen LogP) is 6.63. The summed E-state index contributed by atoms with van der Waals surface area (Å²) in [5.74, 6) is 2.29. The summed E-state index contributed by atoms with van der Waals surface area (Å²) in [6.07, 6.45) is 1.42. The second-order valence-corrected chi connectivity index (χ2v) is 17.0. The molecule has 8 rings (SSSR count). The minimum absolute atomic E-state index is 0.0288. The van der Waals surface area contributed by atoms with Gasteiger partial charge in [-0.1, -0.05) is 32.0 Å². The van der Waals surface area contributed by atoms with Crippen LogP contribution in [0.25, 0.3) is 32.9 Å². The van der Waals surface area contributed by atoms with Gasteiger partial charge < -0.3 is 39.5 Å². The zero-order valence-electron chi connectivity index (χ0n) is 33.8. The molecule has 5 heterocycles. The number of hydrogen-bond donors (Lipinski definition) is 3. The van der Waals surface area contributed by atoms with Gasteiger partial charge in [-0.05, 0) is 92.3 Å². The van der Waals surface area contributed by atoms with Crippen LogP contribution in [0.3, 0.4) is 0 Å². The Labute approximate surface area is 332 Å². The van der Waals surface area contributed by atoms with E-state index in [2.05, 4.69) is 52.0 Å². The Kier molecular flexibility index (Phi) is 10.3. The van der Waals surface area contributed by atoms with Crippen LogP contribution < -0.4 is 15.4 Å². The van der Waals surface area contributed by atoms with E-state index < -0.39 is 17.7 Å². The van der Waals surface area contributed by atoms with Gasteiger partial charge in [0.15, 0.2) is 0 Å². The molecule has 4 aromatic rings. The molecule has 4 aliphatic heterocycles. The lowest BCUT2D eigenvalue weighted by Crippen LogP contribution is -2.51. The van der Waals surface area contributed by atoms with Crippen LogP contribution in [-0.4, -0.2) is 102 Å². The van der Waals surface area contributed by atoms with E-state index in [0.29, 0.717) is 32.8 Å². The minimum Gasteiger partial charge on any atom is -0.488 e. The van der Waals surface area contributed by atoms with Gasteiger partial charge in [-0.15, -0.1) is 0 Å². The van der Waals surface area contributed by atoms with Crippen LogP contribution in [-0.2, 0) is 25.6 Å². The molecule has 14 heteroatoms. The van der Waals surface area contributed by atoms with E-state index in [0.717, 1.165) is 80.7 Å². The molecule has 5 atom stereocenters. The molecule has 57 heavy (non-hydrogen) atoms. The minimum atomic E-state index is -0.700. The van der Waals surface area contributed by atoms with Gasteiger partial charge in [0.2, 0.25) is 5.91 Å². The second kappa shape index (κ2) is 15.2. The fourth-order valence-electron chi connectivity index (χ4n) is 8.80. The molecule has 14 nitrogen and oxygen atoms in total. The van der Waals surface area contributed by atoms with E-state index in [1.54, 1.807) is 12.0 Å². The topological polar surface area (TPSA) is 160 Å². The molecule has 0 radical (unpaired) electrons. The maximum Gasteiger partial charge on any atom is 0.410 e. The Bertz CT molecular complexity index is 2240. The highest BCUT2D eigenvalue weighted by atomic mass is 16.6. The molecule has 0 spiro atoms. The zero-order valence-corrected chi connectivity index (χ0v) is 33.8. The molecule has 0 bridgehead atoms. The number of carbonyl (C=O) groups is 3. The summed E-state index contributed by atoms with van der Waals surface area (Å²) < 4.78 is 22.4. The molecule has 0 saturated carbocycles. The van der Waals surface area contributed by atoms with Gasteiger partial charge in [-0.3, -0.25) is 14.7 Å². The maximum absolute atomic E-state index is 13.7.